The Balaban J connectivity index is 2.60. The first-order chi connectivity index (χ1) is 8.11. The smallest absolute Gasteiger partial charge is 0.135 e. The Hall–Kier alpha value is -0.570. The van der Waals surface area contributed by atoms with Crippen molar-refractivity contribution in [3.05, 3.63) is 57.8 Å². The topological polar surface area (TPSA) is 0 Å². The average molecular weight is 334 g/mol. The van der Waals surface area contributed by atoms with Crippen LogP contribution in [0.25, 0.3) is 11.1 Å². The van der Waals surface area contributed by atoms with Crippen LogP contribution in [0.3, 0.4) is 0 Å². The summed E-state index contributed by atoms with van der Waals surface area (Å²) in [5.41, 5.74) is 1.80. The molecule has 0 aliphatic heterocycles. The van der Waals surface area contributed by atoms with Crippen LogP contribution in [0.2, 0.25) is 10.0 Å². The molecule has 0 aliphatic rings. The Kier molecular flexibility index (Phi) is 4.08. The van der Waals surface area contributed by atoms with E-state index < -0.39 is 0 Å². The van der Waals surface area contributed by atoms with Gasteiger partial charge in [0.1, 0.15) is 5.82 Å². The summed E-state index contributed by atoms with van der Waals surface area (Å²) >= 11 is 15.1. The number of rotatable bonds is 2. The molecule has 0 unspecified atom stereocenters. The third kappa shape index (κ3) is 2.82. The van der Waals surface area contributed by atoms with E-state index in [4.69, 9.17) is 23.2 Å². The standard InChI is InChI=1S/C13H8BrCl2F/c14-7-8-2-1-3-12(13(8)17)9-4-10(15)6-11(16)5-9/h1-6H,7H2. The second-order valence-corrected chi connectivity index (χ2v) is 5.00. The van der Waals surface area contributed by atoms with Crippen molar-refractivity contribution in [3.63, 3.8) is 0 Å². The van der Waals surface area contributed by atoms with Crippen molar-refractivity contribution in [2.45, 2.75) is 5.33 Å². The first-order valence-corrected chi connectivity index (χ1v) is 6.79. The molecule has 0 radical (unpaired) electrons. The second-order valence-electron chi connectivity index (χ2n) is 3.57. The van der Waals surface area contributed by atoms with Crippen molar-refractivity contribution in [2.75, 3.05) is 0 Å². The molecule has 0 aromatic heterocycles. The van der Waals surface area contributed by atoms with E-state index in [2.05, 4.69) is 15.9 Å². The summed E-state index contributed by atoms with van der Waals surface area (Å²) in [5, 5.41) is 1.47. The molecule has 0 spiro atoms. The lowest BCUT2D eigenvalue weighted by Crippen LogP contribution is -1.90. The molecule has 0 atom stereocenters. The molecule has 0 nitrogen and oxygen atoms in total. The van der Waals surface area contributed by atoms with Gasteiger partial charge in [0.2, 0.25) is 0 Å². The van der Waals surface area contributed by atoms with E-state index in [0.717, 1.165) is 0 Å². The summed E-state index contributed by atoms with van der Waals surface area (Å²) in [6.07, 6.45) is 0. The monoisotopic (exact) mass is 332 g/mol. The predicted molar refractivity (Wildman–Crippen MR) is 74.5 cm³/mol. The Morgan fingerprint density at radius 3 is 2.29 bits per heavy atom. The quantitative estimate of drug-likeness (QED) is 0.619. The zero-order valence-electron chi connectivity index (χ0n) is 8.68. The highest BCUT2D eigenvalue weighted by Crippen LogP contribution is 2.30. The Morgan fingerprint density at radius 1 is 1.06 bits per heavy atom. The lowest BCUT2D eigenvalue weighted by atomic mass is 10.0. The van der Waals surface area contributed by atoms with Crippen LogP contribution in [0, 0.1) is 5.82 Å². The van der Waals surface area contributed by atoms with Crippen molar-refractivity contribution in [2.24, 2.45) is 0 Å². The second kappa shape index (κ2) is 5.38. The third-order valence-corrected chi connectivity index (χ3v) is 3.44. The van der Waals surface area contributed by atoms with E-state index in [1.807, 2.05) is 6.07 Å². The Labute approximate surface area is 117 Å². The predicted octanol–water partition coefficient (Wildman–Crippen LogP) is 5.69. The third-order valence-electron chi connectivity index (χ3n) is 2.40. The minimum absolute atomic E-state index is 0.247. The van der Waals surface area contributed by atoms with Gasteiger partial charge < -0.3 is 0 Å². The SMILES string of the molecule is Fc1c(CBr)cccc1-c1cc(Cl)cc(Cl)c1. The number of alkyl halides is 1. The fourth-order valence-electron chi connectivity index (χ4n) is 1.62. The number of benzene rings is 2. The number of hydrogen-bond donors (Lipinski definition) is 0. The van der Waals surface area contributed by atoms with Crippen molar-refractivity contribution >= 4 is 39.1 Å². The summed E-state index contributed by atoms with van der Waals surface area (Å²) < 4.78 is 14.1. The molecule has 0 N–H and O–H groups in total. The van der Waals surface area contributed by atoms with E-state index in [-0.39, 0.29) is 5.82 Å². The van der Waals surface area contributed by atoms with Crippen LogP contribution in [0.15, 0.2) is 36.4 Å². The van der Waals surface area contributed by atoms with Crippen LogP contribution in [0.5, 0.6) is 0 Å². The van der Waals surface area contributed by atoms with Gasteiger partial charge in [-0.2, -0.15) is 0 Å². The molecule has 88 valence electrons. The molecule has 0 saturated heterocycles. The highest BCUT2D eigenvalue weighted by Gasteiger charge is 2.10. The summed E-state index contributed by atoms with van der Waals surface area (Å²) in [6, 6.07) is 10.3. The van der Waals surface area contributed by atoms with Gasteiger partial charge in [-0.15, -0.1) is 0 Å². The molecule has 4 heteroatoms. The summed E-state index contributed by atoms with van der Waals surface area (Å²) in [7, 11) is 0. The molecular formula is C13H8BrCl2F. The van der Waals surface area contributed by atoms with Gasteiger partial charge in [0.25, 0.3) is 0 Å². The van der Waals surface area contributed by atoms with E-state index in [0.29, 0.717) is 32.1 Å². The van der Waals surface area contributed by atoms with Crippen LogP contribution in [-0.4, -0.2) is 0 Å². The van der Waals surface area contributed by atoms with Crippen LogP contribution < -0.4 is 0 Å². The Morgan fingerprint density at radius 2 is 1.71 bits per heavy atom. The molecular weight excluding hydrogens is 326 g/mol. The fraction of sp³-hybridized carbons (Fsp3) is 0.0769. The highest BCUT2D eigenvalue weighted by molar-refractivity contribution is 9.08. The minimum Gasteiger partial charge on any atom is -0.206 e. The lowest BCUT2D eigenvalue weighted by Gasteiger charge is -2.07. The van der Waals surface area contributed by atoms with Crippen molar-refractivity contribution in [1.29, 1.82) is 0 Å². The minimum atomic E-state index is -0.247. The number of hydrogen-bond acceptors (Lipinski definition) is 0. The zero-order valence-corrected chi connectivity index (χ0v) is 11.8. The highest BCUT2D eigenvalue weighted by atomic mass is 79.9. The summed E-state index contributed by atoms with van der Waals surface area (Å²) in [5.74, 6) is -0.247. The molecule has 17 heavy (non-hydrogen) atoms. The zero-order chi connectivity index (χ0) is 12.4. The summed E-state index contributed by atoms with van der Waals surface area (Å²) in [6.45, 7) is 0. The van der Waals surface area contributed by atoms with Crippen LogP contribution >= 0.6 is 39.1 Å². The van der Waals surface area contributed by atoms with Crippen LogP contribution in [0.1, 0.15) is 5.56 Å². The maximum absolute atomic E-state index is 14.1. The Bertz CT molecular complexity index is 535. The van der Waals surface area contributed by atoms with Crippen molar-refractivity contribution < 1.29 is 4.39 Å². The van der Waals surface area contributed by atoms with E-state index in [1.165, 1.54) is 0 Å². The van der Waals surface area contributed by atoms with Gasteiger partial charge in [0, 0.05) is 20.9 Å². The van der Waals surface area contributed by atoms with Crippen molar-refractivity contribution in [3.8, 4) is 11.1 Å². The normalized spacial score (nSPS) is 10.6. The first kappa shape index (κ1) is 12.9. The summed E-state index contributed by atoms with van der Waals surface area (Å²) in [4.78, 5) is 0. The lowest BCUT2D eigenvalue weighted by molar-refractivity contribution is 0.621. The maximum Gasteiger partial charge on any atom is 0.135 e. The maximum atomic E-state index is 14.1. The van der Waals surface area contributed by atoms with Crippen LogP contribution in [-0.2, 0) is 5.33 Å². The molecule has 0 amide bonds. The van der Waals surface area contributed by atoms with Gasteiger partial charge in [-0.05, 0) is 29.3 Å². The molecule has 2 rings (SSSR count). The van der Waals surface area contributed by atoms with Gasteiger partial charge >= 0.3 is 0 Å². The molecule has 0 bridgehead atoms. The molecule has 2 aromatic carbocycles. The molecule has 2 aromatic rings. The van der Waals surface area contributed by atoms with Gasteiger partial charge in [0.05, 0.1) is 0 Å². The van der Waals surface area contributed by atoms with E-state index >= 15 is 0 Å². The molecule has 0 aliphatic carbocycles. The average Bonchev–Trinajstić information content (AvgIpc) is 2.28. The van der Waals surface area contributed by atoms with E-state index in [9.17, 15) is 4.39 Å². The van der Waals surface area contributed by atoms with Gasteiger partial charge in [-0.3, -0.25) is 0 Å². The van der Waals surface area contributed by atoms with E-state index in [1.54, 1.807) is 30.3 Å². The number of halogens is 4. The van der Waals surface area contributed by atoms with Gasteiger partial charge in [-0.1, -0.05) is 57.3 Å². The van der Waals surface area contributed by atoms with Crippen molar-refractivity contribution in [1.82, 2.24) is 0 Å². The van der Waals surface area contributed by atoms with Gasteiger partial charge in [0.15, 0.2) is 0 Å². The molecule has 0 saturated carbocycles. The molecule has 0 fully saturated rings. The largest absolute Gasteiger partial charge is 0.206 e. The first-order valence-electron chi connectivity index (χ1n) is 4.91. The van der Waals surface area contributed by atoms with Crippen LogP contribution in [0.4, 0.5) is 4.39 Å². The van der Waals surface area contributed by atoms with Gasteiger partial charge in [-0.25, -0.2) is 4.39 Å². The molecule has 0 heterocycles. The fourth-order valence-corrected chi connectivity index (χ4v) is 2.57.